The van der Waals surface area contributed by atoms with Gasteiger partial charge in [0.05, 0.1) is 22.9 Å². The number of hydrogen-bond donors (Lipinski definition) is 2. The summed E-state index contributed by atoms with van der Waals surface area (Å²) in [5.41, 5.74) is 6.91. The number of nitriles is 1. The molecule has 23 heavy (non-hydrogen) atoms. The number of nitrogens with zero attached hydrogens (tertiary/aromatic N) is 1. The second-order valence-electron chi connectivity index (χ2n) is 6.21. The monoisotopic (exact) mass is 336 g/mol. The summed E-state index contributed by atoms with van der Waals surface area (Å²) in [6.07, 6.45) is -1.50. The Balaban J connectivity index is 1.90. The molecule has 4 rings (SSSR count). The van der Waals surface area contributed by atoms with Crippen LogP contribution in [0.5, 0.6) is 5.75 Å². The molecule has 1 spiro atoms. The first-order chi connectivity index (χ1) is 10.9. The molecule has 5 atom stereocenters. The van der Waals surface area contributed by atoms with E-state index in [-0.39, 0.29) is 5.75 Å². The fraction of sp³-hybridized carbons (Fsp3) is 0.533. The molecule has 1 aromatic carbocycles. The van der Waals surface area contributed by atoms with E-state index in [9.17, 15) is 13.5 Å². The number of aliphatic hydroxyl groups is 1. The summed E-state index contributed by atoms with van der Waals surface area (Å²) < 4.78 is 37.4. The Labute approximate surface area is 133 Å². The van der Waals surface area contributed by atoms with Gasteiger partial charge >= 0.3 is 0 Å². The largest absolute Gasteiger partial charge is 0.465 e. The van der Waals surface area contributed by atoms with Gasteiger partial charge in [0, 0.05) is 12.2 Å². The van der Waals surface area contributed by atoms with Gasteiger partial charge in [-0.1, -0.05) is 0 Å². The van der Waals surface area contributed by atoms with Gasteiger partial charge in [-0.05, 0) is 31.0 Å². The molecule has 3 N–H and O–H groups in total. The summed E-state index contributed by atoms with van der Waals surface area (Å²) in [7, 11) is -3.77. The van der Waals surface area contributed by atoms with Crippen LogP contribution in [0.4, 0.5) is 0 Å². The lowest BCUT2D eigenvalue weighted by atomic mass is 9.88. The van der Waals surface area contributed by atoms with Crippen LogP contribution in [0.3, 0.4) is 0 Å². The second kappa shape index (κ2) is 4.68. The molecule has 3 heterocycles. The normalized spacial score (nSPS) is 40.2. The fourth-order valence-corrected chi connectivity index (χ4v) is 6.45. The fourth-order valence-electron chi connectivity index (χ4n) is 3.88. The van der Waals surface area contributed by atoms with Crippen LogP contribution in [0.1, 0.15) is 30.0 Å². The molecule has 3 aliphatic heterocycles. The van der Waals surface area contributed by atoms with Gasteiger partial charge in [0.25, 0.3) is 4.93 Å². The van der Waals surface area contributed by atoms with E-state index in [4.69, 9.17) is 20.5 Å². The van der Waals surface area contributed by atoms with Crippen LogP contribution < -0.4 is 10.5 Å². The first-order valence-electron chi connectivity index (χ1n) is 7.43. The zero-order valence-electron chi connectivity index (χ0n) is 12.2. The van der Waals surface area contributed by atoms with Crippen molar-refractivity contribution < 1.29 is 23.0 Å². The smallest absolute Gasteiger partial charge is 0.261 e. The minimum atomic E-state index is -3.77. The average molecular weight is 336 g/mol. The van der Waals surface area contributed by atoms with E-state index in [0.717, 1.165) is 0 Å². The van der Waals surface area contributed by atoms with Gasteiger partial charge in [0.1, 0.15) is 18.0 Å². The minimum absolute atomic E-state index is 0.279. The van der Waals surface area contributed by atoms with E-state index in [1.54, 1.807) is 0 Å². The van der Waals surface area contributed by atoms with Crippen molar-refractivity contribution in [3.8, 4) is 11.8 Å². The molecule has 0 aliphatic carbocycles. The molecule has 0 aromatic heterocycles. The zero-order chi connectivity index (χ0) is 16.4. The maximum atomic E-state index is 13.0. The molecule has 8 heteroatoms. The summed E-state index contributed by atoms with van der Waals surface area (Å²) in [6.45, 7) is 0.321. The first-order valence-corrected chi connectivity index (χ1v) is 8.98. The topological polar surface area (TPSA) is 123 Å². The van der Waals surface area contributed by atoms with Crippen LogP contribution in [-0.2, 0) is 14.6 Å². The molecular formula is C15H16N2O5S. The van der Waals surface area contributed by atoms with Crippen LogP contribution in [0.25, 0.3) is 0 Å². The molecule has 3 unspecified atom stereocenters. The highest BCUT2D eigenvalue weighted by Gasteiger charge is 2.70. The SMILES string of the molecule is N#Cc1ccc2c(c1)[C@@H](N)[C@H](O)C1(O2)C2CC(CCO2)S1(=O)=O. The van der Waals surface area contributed by atoms with Crippen molar-refractivity contribution in [2.45, 2.75) is 41.3 Å². The summed E-state index contributed by atoms with van der Waals surface area (Å²) in [4.78, 5) is -1.87. The van der Waals surface area contributed by atoms with Crippen molar-refractivity contribution in [3.63, 3.8) is 0 Å². The Bertz CT molecular complexity index is 818. The number of fused-ring (bicyclic) bond motifs is 4. The van der Waals surface area contributed by atoms with Gasteiger partial charge in [-0.2, -0.15) is 5.26 Å². The highest BCUT2D eigenvalue weighted by molar-refractivity contribution is 7.93. The van der Waals surface area contributed by atoms with Crippen LogP contribution >= 0.6 is 0 Å². The van der Waals surface area contributed by atoms with E-state index in [2.05, 4.69) is 0 Å². The van der Waals surface area contributed by atoms with Gasteiger partial charge in [-0.3, -0.25) is 0 Å². The number of sulfone groups is 1. The van der Waals surface area contributed by atoms with E-state index < -0.39 is 38.3 Å². The molecule has 0 radical (unpaired) electrons. The second-order valence-corrected chi connectivity index (χ2v) is 8.60. The molecule has 2 bridgehead atoms. The molecule has 0 saturated carbocycles. The lowest BCUT2D eigenvalue weighted by Gasteiger charge is -2.44. The number of nitrogens with two attached hydrogens (primary N) is 1. The van der Waals surface area contributed by atoms with Gasteiger partial charge in [0.15, 0.2) is 9.84 Å². The quantitative estimate of drug-likeness (QED) is 0.682. The van der Waals surface area contributed by atoms with E-state index >= 15 is 0 Å². The zero-order valence-corrected chi connectivity index (χ0v) is 13.0. The lowest BCUT2D eigenvalue weighted by Crippen LogP contribution is -2.63. The number of hydrogen-bond acceptors (Lipinski definition) is 7. The third-order valence-electron chi connectivity index (χ3n) is 5.09. The predicted molar refractivity (Wildman–Crippen MR) is 79.1 cm³/mol. The highest BCUT2D eigenvalue weighted by atomic mass is 32.2. The van der Waals surface area contributed by atoms with Gasteiger partial charge < -0.3 is 20.3 Å². The molecule has 7 nitrogen and oxygen atoms in total. The van der Waals surface area contributed by atoms with E-state index in [1.165, 1.54) is 18.2 Å². The number of ether oxygens (including phenoxy) is 2. The number of aliphatic hydroxyl groups excluding tert-OH is 1. The van der Waals surface area contributed by atoms with Crippen LogP contribution in [0, 0.1) is 11.3 Å². The summed E-state index contributed by atoms with van der Waals surface area (Å²) >= 11 is 0. The Hall–Kier alpha value is -1.66. The number of rotatable bonds is 0. The van der Waals surface area contributed by atoms with Gasteiger partial charge in [-0.25, -0.2) is 8.42 Å². The first kappa shape index (κ1) is 14.9. The van der Waals surface area contributed by atoms with Crippen molar-refractivity contribution >= 4 is 9.84 Å². The van der Waals surface area contributed by atoms with Gasteiger partial charge in [0.2, 0.25) is 0 Å². The maximum Gasteiger partial charge on any atom is 0.261 e. The Morgan fingerprint density at radius 2 is 2.22 bits per heavy atom. The molecule has 0 amide bonds. The Kier molecular flexibility index (Phi) is 3.03. The third kappa shape index (κ3) is 1.71. The standard InChI is InChI=1S/C15H16N2O5S/c16-7-8-1-2-11-10(5-8)13(17)14(18)15(22-11)12-6-9(3-4-21-12)23(15,19)20/h1-2,5,9,12-14,18H,3-4,6,17H2/t9?,12?,13-,14+,15?/m1/s1. The van der Waals surface area contributed by atoms with E-state index in [0.29, 0.717) is 30.6 Å². The highest BCUT2D eigenvalue weighted by Crippen LogP contribution is 2.52. The van der Waals surface area contributed by atoms with Crippen molar-refractivity contribution in [2.24, 2.45) is 5.73 Å². The summed E-state index contributed by atoms with van der Waals surface area (Å²) in [5.74, 6) is 0.279. The molecule has 2 fully saturated rings. The van der Waals surface area contributed by atoms with Crippen LogP contribution in [0.15, 0.2) is 18.2 Å². The van der Waals surface area contributed by atoms with Crippen LogP contribution in [-0.4, -0.2) is 42.5 Å². The molecule has 3 aliphatic rings. The van der Waals surface area contributed by atoms with Crippen molar-refractivity contribution in [3.05, 3.63) is 29.3 Å². The predicted octanol–water partition coefficient (Wildman–Crippen LogP) is -0.0163. The van der Waals surface area contributed by atoms with Crippen molar-refractivity contribution in [1.82, 2.24) is 0 Å². The van der Waals surface area contributed by atoms with Crippen LogP contribution in [0.2, 0.25) is 0 Å². The average Bonchev–Trinajstić information content (AvgIpc) is 2.70. The summed E-state index contributed by atoms with van der Waals surface area (Å²) in [5, 5.41) is 19.1. The molecule has 122 valence electrons. The van der Waals surface area contributed by atoms with Crippen molar-refractivity contribution in [2.75, 3.05) is 6.61 Å². The number of benzene rings is 1. The Morgan fingerprint density at radius 3 is 2.91 bits per heavy atom. The van der Waals surface area contributed by atoms with Gasteiger partial charge in [-0.15, -0.1) is 0 Å². The Morgan fingerprint density at radius 1 is 1.43 bits per heavy atom. The van der Waals surface area contributed by atoms with E-state index in [1.807, 2.05) is 6.07 Å². The third-order valence-corrected chi connectivity index (χ3v) is 7.87. The minimum Gasteiger partial charge on any atom is -0.465 e. The molecular weight excluding hydrogens is 320 g/mol. The maximum absolute atomic E-state index is 13.0. The molecule has 1 aromatic rings. The summed E-state index contributed by atoms with van der Waals surface area (Å²) in [6, 6.07) is 5.60. The lowest BCUT2D eigenvalue weighted by molar-refractivity contribution is -0.118. The van der Waals surface area contributed by atoms with Crippen molar-refractivity contribution in [1.29, 1.82) is 5.26 Å². The molecule has 2 saturated heterocycles.